The normalized spacial score (nSPS) is 13.3. The molecule has 0 aliphatic rings. The van der Waals surface area contributed by atoms with Gasteiger partial charge in [0.05, 0.1) is 0 Å². The minimum atomic E-state index is -1.01. The second kappa shape index (κ2) is 48.6. The first-order valence-corrected chi connectivity index (χ1v) is 25.4. The Morgan fingerprint density at radius 3 is 1.31 bits per heavy atom. The minimum Gasteiger partial charge on any atom is -0.480 e. The number of aliphatic carboxylic acids is 1. The van der Waals surface area contributed by atoms with E-state index in [1.54, 1.807) is 0 Å². The number of amides is 1. The molecule has 62 heavy (non-hydrogen) atoms. The molecule has 0 aromatic heterocycles. The maximum Gasteiger partial charge on any atom is 0.326 e. The van der Waals surface area contributed by atoms with Crippen LogP contribution in [0.5, 0.6) is 0 Å². The Labute approximate surface area is 381 Å². The Hall–Kier alpha value is -3.45. The number of unbranched alkanes of at least 4 members (excludes halogenated alkanes) is 17. The van der Waals surface area contributed by atoms with E-state index in [9.17, 15) is 19.5 Å². The number of rotatable bonds is 45. The van der Waals surface area contributed by atoms with Crippen LogP contribution in [-0.2, 0) is 19.1 Å². The molecule has 2 atom stereocenters. The summed E-state index contributed by atoms with van der Waals surface area (Å²) in [6, 6.07) is -0.865. The number of allylic oxidation sites excluding steroid dienone is 14. The standard InChI is InChI=1S/C55H94N2O5/c1-3-5-7-9-11-13-15-17-18-19-20-21-22-23-24-25-26-28-30-32-34-39-43-49-54(59)62-51(45-40-36-33-31-29-27-16-14-12-10-8-6-4-2)46-41-37-35-38-42-48-53(58)57-52(55(60)61)47-44-50-56/h5,7,11,13,17-18,20-21,23-24,26,28,32,34,51-52H,3-4,6,8-10,12,14-16,19,22,25,27,29-31,33,35-50,56H2,1-2H3,(H,57,58)(H,60,61)/b7-5-,13-11-,18-17-,21-20-,24-23-,28-26-,34-32-. The van der Waals surface area contributed by atoms with Gasteiger partial charge in [-0.3, -0.25) is 9.59 Å². The van der Waals surface area contributed by atoms with Crippen molar-refractivity contribution < 1.29 is 24.2 Å². The first-order chi connectivity index (χ1) is 30.4. The van der Waals surface area contributed by atoms with Crippen molar-refractivity contribution >= 4 is 17.8 Å². The van der Waals surface area contributed by atoms with E-state index >= 15 is 0 Å². The highest BCUT2D eigenvalue weighted by Crippen LogP contribution is 2.19. The monoisotopic (exact) mass is 863 g/mol. The molecule has 7 heteroatoms. The molecular weight excluding hydrogens is 769 g/mol. The third-order valence-electron chi connectivity index (χ3n) is 11.0. The molecule has 7 nitrogen and oxygen atoms in total. The molecule has 0 rings (SSSR count). The van der Waals surface area contributed by atoms with Crippen LogP contribution in [0.1, 0.15) is 226 Å². The summed E-state index contributed by atoms with van der Waals surface area (Å²) in [6.45, 7) is 4.84. The smallest absolute Gasteiger partial charge is 0.326 e. The molecule has 4 N–H and O–H groups in total. The van der Waals surface area contributed by atoms with Crippen LogP contribution in [0.4, 0.5) is 0 Å². The molecule has 0 bridgehead atoms. The van der Waals surface area contributed by atoms with Crippen molar-refractivity contribution in [1.29, 1.82) is 0 Å². The Balaban J connectivity index is 4.40. The molecule has 1 amide bonds. The number of carbonyl (C=O) groups is 3. The van der Waals surface area contributed by atoms with Crippen LogP contribution >= 0.6 is 0 Å². The van der Waals surface area contributed by atoms with E-state index in [0.717, 1.165) is 109 Å². The molecular formula is C55H94N2O5. The average Bonchev–Trinajstić information content (AvgIpc) is 3.26. The van der Waals surface area contributed by atoms with Gasteiger partial charge in [0.25, 0.3) is 0 Å². The van der Waals surface area contributed by atoms with Crippen LogP contribution in [-0.4, -0.2) is 41.6 Å². The predicted molar refractivity (Wildman–Crippen MR) is 266 cm³/mol. The van der Waals surface area contributed by atoms with Crippen LogP contribution in [0.15, 0.2) is 85.1 Å². The number of nitrogens with two attached hydrogens (primary N) is 1. The fourth-order valence-corrected chi connectivity index (χ4v) is 7.21. The molecule has 0 saturated heterocycles. The number of nitrogens with one attached hydrogen (secondary N) is 1. The summed E-state index contributed by atoms with van der Waals surface area (Å²) in [5.74, 6) is -1.29. The SMILES string of the molecule is CC/C=C\C/C=C\C/C=C\C/C=C\C/C=C\C/C=C\C/C=C\CCCC(=O)OC(CCCCCCCCCCCCCCC)CCCCCCCC(=O)NC(CCCN)C(=O)O. The summed E-state index contributed by atoms with van der Waals surface area (Å²) in [5.41, 5.74) is 5.50. The van der Waals surface area contributed by atoms with Crippen molar-refractivity contribution in [3.8, 4) is 0 Å². The van der Waals surface area contributed by atoms with Crippen LogP contribution in [0.3, 0.4) is 0 Å². The Bertz CT molecular complexity index is 1250. The van der Waals surface area contributed by atoms with Gasteiger partial charge in [-0.2, -0.15) is 0 Å². The maximum atomic E-state index is 12.9. The van der Waals surface area contributed by atoms with E-state index < -0.39 is 12.0 Å². The maximum absolute atomic E-state index is 12.9. The number of ether oxygens (including phenoxy) is 1. The molecule has 0 aliphatic heterocycles. The van der Waals surface area contributed by atoms with Crippen molar-refractivity contribution in [2.45, 2.75) is 238 Å². The lowest BCUT2D eigenvalue weighted by Gasteiger charge is -2.18. The first-order valence-electron chi connectivity index (χ1n) is 25.4. The molecule has 354 valence electrons. The zero-order chi connectivity index (χ0) is 45.2. The molecule has 2 unspecified atom stereocenters. The second-order valence-electron chi connectivity index (χ2n) is 16.9. The number of esters is 1. The lowest BCUT2D eigenvalue weighted by Crippen LogP contribution is -2.40. The van der Waals surface area contributed by atoms with Gasteiger partial charge in [0.15, 0.2) is 0 Å². The van der Waals surface area contributed by atoms with E-state index in [1.165, 1.54) is 77.0 Å². The van der Waals surface area contributed by atoms with Gasteiger partial charge in [-0.05, 0) is 109 Å². The number of hydrogen-bond donors (Lipinski definition) is 3. The van der Waals surface area contributed by atoms with Crippen LogP contribution < -0.4 is 11.1 Å². The van der Waals surface area contributed by atoms with Crippen molar-refractivity contribution in [3.05, 3.63) is 85.1 Å². The van der Waals surface area contributed by atoms with Gasteiger partial charge in [0.1, 0.15) is 12.1 Å². The fraction of sp³-hybridized carbons (Fsp3) is 0.691. The van der Waals surface area contributed by atoms with E-state index in [0.29, 0.717) is 32.2 Å². The first kappa shape index (κ1) is 58.6. The topological polar surface area (TPSA) is 119 Å². The lowest BCUT2D eigenvalue weighted by molar-refractivity contribution is -0.150. The highest BCUT2D eigenvalue weighted by atomic mass is 16.5. The quantitative estimate of drug-likeness (QED) is 0.0319. The van der Waals surface area contributed by atoms with E-state index in [1.807, 2.05) is 0 Å². The fourth-order valence-electron chi connectivity index (χ4n) is 7.21. The van der Waals surface area contributed by atoms with Gasteiger partial charge in [-0.25, -0.2) is 4.79 Å². The number of hydrogen-bond acceptors (Lipinski definition) is 5. The molecule has 0 saturated carbocycles. The third kappa shape index (κ3) is 44.6. The number of carboxylic acid groups (broad SMARTS) is 1. The van der Waals surface area contributed by atoms with Crippen molar-refractivity contribution in [1.82, 2.24) is 5.32 Å². The van der Waals surface area contributed by atoms with Gasteiger partial charge >= 0.3 is 11.9 Å². The molecule has 0 aliphatic carbocycles. The van der Waals surface area contributed by atoms with Gasteiger partial charge in [0.2, 0.25) is 5.91 Å². The summed E-state index contributed by atoms with van der Waals surface area (Å²) < 4.78 is 6.05. The van der Waals surface area contributed by atoms with Gasteiger partial charge < -0.3 is 20.9 Å². The molecule has 0 fully saturated rings. The third-order valence-corrected chi connectivity index (χ3v) is 11.0. The van der Waals surface area contributed by atoms with Crippen molar-refractivity contribution in [3.63, 3.8) is 0 Å². The van der Waals surface area contributed by atoms with E-state index in [2.05, 4.69) is 104 Å². The van der Waals surface area contributed by atoms with Gasteiger partial charge in [-0.1, -0.05) is 195 Å². The molecule has 0 aromatic rings. The Morgan fingerprint density at radius 1 is 0.484 bits per heavy atom. The Morgan fingerprint density at radius 2 is 0.887 bits per heavy atom. The van der Waals surface area contributed by atoms with Crippen LogP contribution in [0.25, 0.3) is 0 Å². The summed E-state index contributed by atoms with van der Waals surface area (Å²) >= 11 is 0. The highest BCUT2D eigenvalue weighted by molar-refractivity contribution is 5.83. The summed E-state index contributed by atoms with van der Waals surface area (Å²) in [4.78, 5) is 36.5. The van der Waals surface area contributed by atoms with E-state index in [-0.39, 0.29) is 18.0 Å². The molecule has 0 spiro atoms. The van der Waals surface area contributed by atoms with Gasteiger partial charge in [-0.15, -0.1) is 0 Å². The summed E-state index contributed by atoms with van der Waals surface area (Å²) in [6.07, 6.45) is 64.9. The Kier molecular flexibility index (Phi) is 45.9. The van der Waals surface area contributed by atoms with Gasteiger partial charge in [0, 0.05) is 12.8 Å². The minimum absolute atomic E-state index is 0.0221. The highest BCUT2D eigenvalue weighted by Gasteiger charge is 2.19. The summed E-state index contributed by atoms with van der Waals surface area (Å²) in [7, 11) is 0. The number of carbonyl (C=O) groups excluding carboxylic acids is 2. The summed E-state index contributed by atoms with van der Waals surface area (Å²) in [5, 5.41) is 12.0. The van der Waals surface area contributed by atoms with Crippen molar-refractivity contribution in [2.75, 3.05) is 6.54 Å². The average molecular weight is 863 g/mol. The zero-order valence-electron chi connectivity index (χ0n) is 39.9. The lowest BCUT2D eigenvalue weighted by atomic mass is 10.0. The largest absolute Gasteiger partial charge is 0.480 e. The van der Waals surface area contributed by atoms with E-state index in [4.69, 9.17) is 10.5 Å². The number of carboxylic acids is 1. The second-order valence-corrected chi connectivity index (χ2v) is 16.9. The van der Waals surface area contributed by atoms with Crippen LogP contribution in [0, 0.1) is 0 Å². The zero-order valence-corrected chi connectivity index (χ0v) is 39.9. The predicted octanol–water partition coefficient (Wildman–Crippen LogP) is 15.2. The molecule has 0 aromatic carbocycles. The molecule has 0 heterocycles. The molecule has 0 radical (unpaired) electrons. The van der Waals surface area contributed by atoms with Crippen LogP contribution in [0.2, 0.25) is 0 Å². The van der Waals surface area contributed by atoms with Crippen molar-refractivity contribution in [2.24, 2.45) is 5.73 Å².